The summed E-state index contributed by atoms with van der Waals surface area (Å²) in [5, 5.41) is 1.05. The molecule has 3 aromatic rings. The van der Waals surface area contributed by atoms with Gasteiger partial charge >= 0.3 is 0 Å². The average molecular weight is 285 g/mol. The molecule has 0 spiro atoms. The molecule has 0 unspecified atom stereocenters. The van der Waals surface area contributed by atoms with Gasteiger partial charge in [0, 0.05) is 34.6 Å². The molecule has 2 aromatic heterocycles. The third-order valence-electron chi connectivity index (χ3n) is 3.37. The predicted molar refractivity (Wildman–Crippen MR) is 80.9 cm³/mol. The molecule has 0 fully saturated rings. The Morgan fingerprint density at radius 3 is 3.00 bits per heavy atom. The smallest absolute Gasteiger partial charge is 0.253 e. The number of hydrogen-bond donors (Lipinski definition) is 1. The third-order valence-corrected chi connectivity index (χ3v) is 4.29. The van der Waals surface area contributed by atoms with Crippen molar-refractivity contribution in [2.45, 2.75) is 13.5 Å². The van der Waals surface area contributed by atoms with Gasteiger partial charge in [-0.2, -0.15) is 0 Å². The zero-order chi connectivity index (χ0) is 14.1. The summed E-state index contributed by atoms with van der Waals surface area (Å²) >= 11 is 1.58. The largest absolute Gasteiger partial charge is 0.361 e. The number of fused-ring (bicyclic) bond motifs is 1. The van der Waals surface area contributed by atoms with Crippen LogP contribution in [0.25, 0.3) is 10.9 Å². The van der Waals surface area contributed by atoms with Gasteiger partial charge in [0.25, 0.3) is 5.91 Å². The van der Waals surface area contributed by atoms with E-state index in [2.05, 4.69) is 9.97 Å². The molecule has 0 radical (unpaired) electrons. The van der Waals surface area contributed by atoms with Gasteiger partial charge in [-0.3, -0.25) is 4.79 Å². The Balaban J connectivity index is 1.82. The average Bonchev–Trinajstić information content (AvgIpc) is 3.06. The number of aromatic nitrogens is 2. The maximum absolute atomic E-state index is 12.4. The van der Waals surface area contributed by atoms with Crippen LogP contribution in [0.3, 0.4) is 0 Å². The number of carbonyl (C=O) groups excluding carboxylic acids is 1. The molecule has 3 rings (SSSR count). The number of amides is 1. The second-order valence-electron chi connectivity index (χ2n) is 4.80. The minimum atomic E-state index is 0.0286. The number of thiazole rings is 1. The number of rotatable bonds is 3. The Hall–Kier alpha value is -2.14. The van der Waals surface area contributed by atoms with E-state index in [0.717, 1.165) is 21.5 Å². The first-order valence-electron chi connectivity index (χ1n) is 6.37. The van der Waals surface area contributed by atoms with E-state index >= 15 is 0 Å². The maximum Gasteiger partial charge on any atom is 0.253 e. The quantitative estimate of drug-likeness (QED) is 0.803. The summed E-state index contributed by atoms with van der Waals surface area (Å²) in [4.78, 5) is 22.6. The first-order chi connectivity index (χ1) is 9.65. The molecule has 4 nitrogen and oxygen atoms in total. The number of nitrogens with one attached hydrogen (secondary N) is 1. The van der Waals surface area contributed by atoms with Gasteiger partial charge in [0.15, 0.2) is 0 Å². The molecule has 0 saturated heterocycles. The van der Waals surface area contributed by atoms with Crippen LogP contribution >= 0.6 is 11.3 Å². The summed E-state index contributed by atoms with van der Waals surface area (Å²) in [6.45, 7) is 2.57. The fraction of sp³-hybridized carbons (Fsp3) is 0.200. The monoisotopic (exact) mass is 285 g/mol. The maximum atomic E-state index is 12.4. The molecule has 0 aliphatic carbocycles. The van der Waals surface area contributed by atoms with E-state index in [9.17, 15) is 4.79 Å². The molecule has 1 N–H and O–H groups in total. The number of hydrogen-bond acceptors (Lipinski definition) is 3. The molecule has 102 valence electrons. The van der Waals surface area contributed by atoms with Crippen molar-refractivity contribution in [1.29, 1.82) is 0 Å². The highest BCUT2D eigenvalue weighted by Crippen LogP contribution is 2.18. The van der Waals surface area contributed by atoms with E-state index in [-0.39, 0.29) is 5.91 Å². The fourth-order valence-corrected chi connectivity index (χ4v) is 3.00. The van der Waals surface area contributed by atoms with Gasteiger partial charge in [0.1, 0.15) is 0 Å². The third kappa shape index (κ3) is 2.32. The van der Waals surface area contributed by atoms with Crippen molar-refractivity contribution in [1.82, 2.24) is 14.9 Å². The van der Waals surface area contributed by atoms with Crippen LogP contribution in [-0.4, -0.2) is 27.8 Å². The topological polar surface area (TPSA) is 49.0 Å². The van der Waals surface area contributed by atoms with Crippen LogP contribution < -0.4 is 0 Å². The van der Waals surface area contributed by atoms with Crippen molar-refractivity contribution in [3.63, 3.8) is 0 Å². The lowest BCUT2D eigenvalue weighted by atomic mass is 10.1. The Morgan fingerprint density at radius 2 is 2.25 bits per heavy atom. The van der Waals surface area contributed by atoms with E-state index in [0.29, 0.717) is 12.1 Å². The van der Waals surface area contributed by atoms with Crippen molar-refractivity contribution < 1.29 is 4.79 Å². The zero-order valence-corrected chi connectivity index (χ0v) is 12.2. The van der Waals surface area contributed by atoms with Crippen LogP contribution in [0.1, 0.15) is 20.9 Å². The molecule has 0 aliphatic rings. The Kier molecular flexibility index (Phi) is 3.28. The minimum absolute atomic E-state index is 0.0286. The summed E-state index contributed by atoms with van der Waals surface area (Å²) in [5.41, 5.74) is 4.56. The molecule has 1 aromatic carbocycles. The zero-order valence-electron chi connectivity index (χ0n) is 11.4. The first-order valence-corrected chi connectivity index (χ1v) is 7.24. The van der Waals surface area contributed by atoms with Gasteiger partial charge in [-0.1, -0.05) is 0 Å². The Labute approximate surface area is 121 Å². The summed E-state index contributed by atoms with van der Waals surface area (Å²) in [6, 6.07) is 7.69. The van der Waals surface area contributed by atoms with Crippen molar-refractivity contribution in [2.75, 3.05) is 7.05 Å². The summed E-state index contributed by atoms with van der Waals surface area (Å²) in [5.74, 6) is 0.0286. The van der Waals surface area contributed by atoms with Crippen LogP contribution in [0.5, 0.6) is 0 Å². The highest BCUT2D eigenvalue weighted by atomic mass is 32.1. The summed E-state index contributed by atoms with van der Waals surface area (Å²) < 4.78 is 0. The lowest BCUT2D eigenvalue weighted by molar-refractivity contribution is 0.0786. The van der Waals surface area contributed by atoms with E-state index in [1.165, 1.54) is 0 Å². The second-order valence-corrected chi connectivity index (χ2v) is 5.74. The van der Waals surface area contributed by atoms with Gasteiger partial charge in [0.2, 0.25) is 0 Å². The minimum Gasteiger partial charge on any atom is -0.361 e. The molecule has 20 heavy (non-hydrogen) atoms. The molecular formula is C15H15N3OS. The van der Waals surface area contributed by atoms with Crippen molar-refractivity contribution in [2.24, 2.45) is 0 Å². The molecule has 0 aliphatic heterocycles. The van der Waals surface area contributed by atoms with Gasteiger partial charge in [-0.15, -0.1) is 11.3 Å². The predicted octanol–water partition coefficient (Wildman–Crippen LogP) is 3.21. The Morgan fingerprint density at radius 1 is 1.40 bits per heavy atom. The normalized spacial score (nSPS) is 10.9. The molecule has 0 saturated carbocycles. The van der Waals surface area contributed by atoms with E-state index < -0.39 is 0 Å². The van der Waals surface area contributed by atoms with Crippen LogP contribution in [0.4, 0.5) is 0 Å². The van der Waals surface area contributed by atoms with Crippen molar-refractivity contribution in [3.05, 3.63) is 52.1 Å². The molecule has 0 bridgehead atoms. The van der Waals surface area contributed by atoms with Gasteiger partial charge < -0.3 is 9.88 Å². The number of aromatic amines is 1. The van der Waals surface area contributed by atoms with Gasteiger partial charge in [0.05, 0.1) is 17.7 Å². The van der Waals surface area contributed by atoms with Crippen LogP contribution in [-0.2, 0) is 6.54 Å². The van der Waals surface area contributed by atoms with Crippen molar-refractivity contribution >= 4 is 28.1 Å². The number of H-pyrrole nitrogens is 1. The first kappa shape index (κ1) is 12.9. The Bertz CT molecular complexity index is 759. The number of carbonyl (C=O) groups is 1. The van der Waals surface area contributed by atoms with Crippen LogP contribution in [0, 0.1) is 6.92 Å². The highest BCUT2D eigenvalue weighted by Gasteiger charge is 2.14. The number of nitrogens with zero attached hydrogens (tertiary/aromatic N) is 2. The highest BCUT2D eigenvalue weighted by molar-refractivity contribution is 7.09. The molecular weight excluding hydrogens is 270 g/mol. The lowest BCUT2D eigenvalue weighted by Gasteiger charge is -2.16. The molecule has 1 amide bonds. The number of benzene rings is 1. The van der Waals surface area contributed by atoms with Crippen LogP contribution in [0.2, 0.25) is 0 Å². The van der Waals surface area contributed by atoms with E-state index in [1.807, 2.05) is 49.9 Å². The van der Waals surface area contributed by atoms with Crippen LogP contribution in [0.15, 0.2) is 36.0 Å². The van der Waals surface area contributed by atoms with Crippen molar-refractivity contribution in [3.8, 4) is 0 Å². The number of aryl methyl sites for hydroxylation is 1. The van der Waals surface area contributed by atoms with E-state index in [4.69, 9.17) is 0 Å². The van der Waals surface area contributed by atoms with E-state index in [1.54, 1.807) is 16.2 Å². The SMILES string of the molecule is Cc1ncsc1CN(C)C(=O)c1ccc2[nH]ccc2c1. The summed E-state index contributed by atoms with van der Waals surface area (Å²) in [6.07, 6.45) is 1.88. The molecule has 2 heterocycles. The summed E-state index contributed by atoms with van der Waals surface area (Å²) in [7, 11) is 1.82. The molecule has 0 atom stereocenters. The van der Waals surface area contributed by atoms with Gasteiger partial charge in [-0.25, -0.2) is 4.98 Å². The molecule has 5 heteroatoms. The van der Waals surface area contributed by atoms with Gasteiger partial charge in [-0.05, 0) is 31.2 Å². The fourth-order valence-electron chi connectivity index (χ4n) is 2.17. The standard InChI is InChI=1S/C15H15N3OS/c1-10-14(20-9-17-10)8-18(2)15(19)12-3-4-13-11(7-12)5-6-16-13/h3-7,9,16H,8H2,1-2H3. The lowest BCUT2D eigenvalue weighted by Crippen LogP contribution is -2.26. The second kappa shape index (κ2) is 5.09.